The van der Waals surface area contributed by atoms with E-state index in [1.807, 2.05) is 0 Å². The standard InChI is InChI=1S/C17H25Cl3N2O6Si/c1-25-12-6-7-13(14(10-12)26-2)22(16(24)27-8-9-29(3,4)5)21-15(23)28-11-17(18,19)20/h6-7,10H,8-9,11H2,1-5H3,(H,21,23). The van der Waals surface area contributed by atoms with Crippen molar-refractivity contribution >= 4 is 60.8 Å². The van der Waals surface area contributed by atoms with Crippen LogP contribution in [0.4, 0.5) is 15.3 Å². The van der Waals surface area contributed by atoms with Crippen molar-refractivity contribution in [1.82, 2.24) is 5.43 Å². The van der Waals surface area contributed by atoms with Gasteiger partial charge in [0.25, 0.3) is 0 Å². The predicted octanol–water partition coefficient (Wildman–Crippen LogP) is 5.00. The molecule has 0 radical (unpaired) electrons. The minimum Gasteiger partial charge on any atom is -0.497 e. The number of hydrogen-bond donors (Lipinski definition) is 1. The summed E-state index contributed by atoms with van der Waals surface area (Å²) in [6.07, 6.45) is -1.84. The highest BCUT2D eigenvalue weighted by Gasteiger charge is 2.27. The second-order valence-corrected chi connectivity index (χ2v) is 15.2. The molecule has 0 aromatic heterocycles. The summed E-state index contributed by atoms with van der Waals surface area (Å²) in [4.78, 5) is 24.8. The van der Waals surface area contributed by atoms with Crippen molar-refractivity contribution in [1.29, 1.82) is 0 Å². The van der Waals surface area contributed by atoms with Gasteiger partial charge in [-0.1, -0.05) is 54.4 Å². The van der Waals surface area contributed by atoms with Crippen LogP contribution in [0.15, 0.2) is 18.2 Å². The number of anilines is 1. The molecule has 1 aromatic carbocycles. The third-order valence-corrected chi connectivity index (χ3v) is 5.49. The summed E-state index contributed by atoms with van der Waals surface area (Å²) in [6, 6.07) is 5.41. The Bertz CT molecular complexity index is 709. The fourth-order valence-electron chi connectivity index (χ4n) is 1.95. The van der Waals surface area contributed by atoms with Gasteiger partial charge < -0.3 is 18.9 Å². The van der Waals surface area contributed by atoms with Gasteiger partial charge in [-0.2, -0.15) is 5.01 Å². The molecule has 12 heteroatoms. The summed E-state index contributed by atoms with van der Waals surface area (Å²) >= 11 is 16.7. The molecule has 0 unspecified atom stereocenters. The molecular weight excluding hydrogens is 463 g/mol. The molecule has 0 fully saturated rings. The largest absolute Gasteiger partial charge is 0.497 e. The van der Waals surface area contributed by atoms with Crippen molar-refractivity contribution in [2.75, 3.05) is 32.4 Å². The average Bonchev–Trinajstić information content (AvgIpc) is 2.62. The van der Waals surface area contributed by atoms with Crippen molar-refractivity contribution in [3.8, 4) is 11.5 Å². The number of rotatable bonds is 7. The van der Waals surface area contributed by atoms with Gasteiger partial charge in [0.05, 0.1) is 20.8 Å². The number of benzene rings is 1. The Kier molecular flexibility index (Phi) is 9.67. The van der Waals surface area contributed by atoms with Gasteiger partial charge in [0.2, 0.25) is 3.79 Å². The van der Waals surface area contributed by atoms with E-state index in [2.05, 4.69) is 25.1 Å². The molecule has 0 aliphatic rings. The highest BCUT2D eigenvalue weighted by atomic mass is 35.6. The van der Waals surface area contributed by atoms with Crippen molar-refractivity contribution < 1.29 is 28.5 Å². The molecule has 0 atom stereocenters. The van der Waals surface area contributed by atoms with E-state index in [4.69, 9.17) is 53.8 Å². The molecule has 0 bridgehead atoms. The fraction of sp³-hybridized carbons (Fsp3) is 0.529. The lowest BCUT2D eigenvalue weighted by atomic mass is 10.2. The van der Waals surface area contributed by atoms with E-state index in [1.165, 1.54) is 20.3 Å². The number of carbonyl (C=O) groups excluding carboxylic acids is 2. The zero-order valence-electron chi connectivity index (χ0n) is 16.9. The van der Waals surface area contributed by atoms with Crippen LogP contribution in [0, 0.1) is 0 Å². The molecule has 164 valence electrons. The van der Waals surface area contributed by atoms with E-state index in [9.17, 15) is 9.59 Å². The molecule has 0 saturated heterocycles. The molecule has 1 rings (SSSR count). The number of methoxy groups -OCH3 is 2. The van der Waals surface area contributed by atoms with Crippen molar-refractivity contribution in [2.24, 2.45) is 0 Å². The van der Waals surface area contributed by atoms with Crippen molar-refractivity contribution in [3.63, 3.8) is 0 Å². The Morgan fingerprint density at radius 1 is 1.10 bits per heavy atom. The van der Waals surface area contributed by atoms with Gasteiger partial charge in [0.1, 0.15) is 23.8 Å². The molecule has 8 nitrogen and oxygen atoms in total. The number of amides is 2. The molecule has 1 aromatic rings. The summed E-state index contributed by atoms with van der Waals surface area (Å²) in [6.45, 7) is 6.14. The first kappa shape index (κ1) is 25.5. The summed E-state index contributed by atoms with van der Waals surface area (Å²) in [5.41, 5.74) is 2.48. The van der Waals surface area contributed by atoms with Crippen LogP contribution < -0.4 is 19.9 Å². The number of halogens is 3. The molecule has 0 aliphatic heterocycles. The van der Waals surface area contributed by atoms with Gasteiger partial charge in [0.15, 0.2) is 0 Å². The van der Waals surface area contributed by atoms with Gasteiger partial charge in [-0.3, -0.25) is 0 Å². The number of ether oxygens (including phenoxy) is 4. The van der Waals surface area contributed by atoms with Crippen LogP contribution in [-0.2, 0) is 9.47 Å². The van der Waals surface area contributed by atoms with E-state index in [0.29, 0.717) is 5.75 Å². The van der Waals surface area contributed by atoms with Gasteiger partial charge in [0, 0.05) is 14.1 Å². The van der Waals surface area contributed by atoms with Crippen LogP contribution in [0.3, 0.4) is 0 Å². The average molecular weight is 488 g/mol. The Labute approximate surface area is 186 Å². The second-order valence-electron chi connectivity index (χ2n) is 7.10. The lowest BCUT2D eigenvalue weighted by Gasteiger charge is -2.25. The molecule has 29 heavy (non-hydrogen) atoms. The SMILES string of the molecule is COc1ccc(N(NC(=O)OCC(Cl)(Cl)Cl)C(=O)OCC[Si](C)(C)C)c(OC)c1. The van der Waals surface area contributed by atoms with Crippen molar-refractivity contribution in [3.05, 3.63) is 18.2 Å². The molecule has 0 aliphatic carbocycles. The van der Waals surface area contributed by atoms with Crippen LogP contribution in [0.1, 0.15) is 0 Å². The minimum absolute atomic E-state index is 0.203. The number of nitrogens with zero attached hydrogens (tertiary/aromatic N) is 1. The van der Waals surface area contributed by atoms with Gasteiger partial charge in [-0.15, -0.1) is 0 Å². The Balaban J connectivity index is 3.05. The number of alkyl halides is 3. The Hall–Kier alpha value is -1.55. The van der Waals surface area contributed by atoms with Crippen LogP contribution in [0.2, 0.25) is 25.7 Å². The van der Waals surface area contributed by atoms with E-state index in [0.717, 1.165) is 11.1 Å². The van der Waals surface area contributed by atoms with Crippen LogP contribution >= 0.6 is 34.8 Å². The summed E-state index contributed by atoms with van der Waals surface area (Å²) in [5.74, 6) is 0.754. The topological polar surface area (TPSA) is 86.3 Å². The monoisotopic (exact) mass is 486 g/mol. The fourth-order valence-corrected chi connectivity index (χ4v) is 2.83. The molecule has 0 spiro atoms. The highest BCUT2D eigenvalue weighted by molar-refractivity contribution is 6.76. The maximum absolute atomic E-state index is 12.7. The van der Waals surface area contributed by atoms with Crippen LogP contribution in [-0.4, -0.2) is 51.5 Å². The molecule has 0 saturated carbocycles. The predicted molar refractivity (Wildman–Crippen MR) is 116 cm³/mol. The molecule has 2 amide bonds. The Morgan fingerprint density at radius 3 is 2.28 bits per heavy atom. The minimum atomic E-state index is -1.79. The lowest BCUT2D eigenvalue weighted by molar-refractivity contribution is 0.136. The quantitative estimate of drug-likeness (QED) is 0.331. The number of carbonyl (C=O) groups is 2. The van der Waals surface area contributed by atoms with Crippen LogP contribution in [0.5, 0.6) is 11.5 Å². The van der Waals surface area contributed by atoms with Crippen LogP contribution in [0.25, 0.3) is 0 Å². The zero-order valence-corrected chi connectivity index (χ0v) is 20.2. The van der Waals surface area contributed by atoms with Gasteiger partial charge in [-0.25, -0.2) is 15.0 Å². The summed E-state index contributed by atoms with van der Waals surface area (Å²) < 4.78 is 18.8. The normalized spacial score (nSPS) is 11.4. The summed E-state index contributed by atoms with van der Waals surface area (Å²) in [7, 11) is 1.47. The Morgan fingerprint density at radius 2 is 1.76 bits per heavy atom. The second kappa shape index (κ2) is 11.0. The maximum Gasteiger partial charge on any atom is 0.433 e. The van der Waals surface area contributed by atoms with E-state index < -0.39 is 30.7 Å². The van der Waals surface area contributed by atoms with Gasteiger partial charge in [-0.05, 0) is 18.2 Å². The highest BCUT2D eigenvalue weighted by Crippen LogP contribution is 2.32. The zero-order chi connectivity index (χ0) is 22.2. The molecule has 1 N–H and O–H groups in total. The van der Waals surface area contributed by atoms with Crippen molar-refractivity contribution in [2.45, 2.75) is 29.5 Å². The maximum atomic E-state index is 12.7. The van der Waals surface area contributed by atoms with Gasteiger partial charge >= 0.3 is 12.2 Å². The first-order valence-electron chi connectivity index (χ1n) is 8.55. The lowest BCUT2D eigenvalue weighted by Crippen LogP contribution is -2.48. The molecule has 0 heterocycles. The number of hydrazine groups is 1. The first-order valence-corrected chi connectivity index (χ1v) is 13.4. The number of nitrogens with one attached hydrogen (secondary N) is 1. The third-order valence-electron chi connectivity index (χ3n) is 3.46. The number of hydrogen-bond acceptors (Lipinski definition) is 6. The summed E-state index contributed by atoms with van der Waals surface area (Å²) in [5, 5.41) is 0.864. The smallest absolute Gasteiger partial charge is 0.433 e. The van der Waals surface area contributed by atoms with E-state index in [-0.39, 0.29) is 18.0 Å². The van der Waals surface area contributed by atoms with E-state index in [1.54, 1.807) is 12.1 Å². The first-order chi connectivity index (χ1) is 13.4. The van der Waals surface area contributed by atoms with E-state index >= 15 is 0 Å². The third kappa shape index (κ3) is 9.66. The molecular formula is C17H25Cl3N2O6Si.